The lowest BCUT2D eigenvalue weighted by atomic mass is 9.98. The maximum Gasteiger partial charge on any atom is 0.139 e. The van der Waals surface area contributed by atoms with Crippen molar-refractivity contribution in [2.24, 2.45) is 16.8 Å². The summed E-state index contributed by atoms with van der Waals surface area (Å²) >= 11 is 0. The molecule has 1 saturated carbocycles. The number of nitrogens with one attached hydrogen (secondary N) is 1. The minimum Gasteiger partial charge on any atom is -0.409 e. The van der Waals surface area contributed by atoms with Crippen LogP contribution in [-0.2, 0) is 0 Å². The van der Waals surface area contributed by atoms with Crippen LogP contribution in [0.5, 0.6) is 0 Å². The molecule has 0 bridgehead atoms. The Balaban J connectivity index is 2.01. The van der Waals surface area contributed by atoms with E-state index in [4.69, 9.17) is 10.9 Å². The third-order valence-electron chi connectivity index (χ3n) is 3.17. The molecule has 0 saturated heterocycles. The van der Waals surface area contributed by atoms with Crippen molar-refractivity contribution >= 4 is 5.84 Å². The fraction of sp³-hybridized carbons (Fsp3) is 0.909. The zero-order chi connectivity index (χ0) is 11.3. The molecule has 0 aromatic carbocycles. The summed E-state index contributed by atoms with van der Waals surface area (Å²) in [6.07, 6.45) is 5.46. The van der Waals surface area contributed by atoms with E-state index < -0.39 is 0 Å². The van der Waals surface area contributed by atoms with E-state index in [1.165, 1.54) is 12.8 Å². The van der Waals surface area contributed by atoms with Crippen LogP contribution in [0, 0.1) is 5.92 Å². The molecule has 0 atom stereocenters. The number of amidine groups is 1. The van der Waals surface area contributed by atoms with Gasteiger partial charge < -0.3 is 16.3 Å². The van der Waals surface area contributed by atoms with Gasteiger partial charge in [-0.1, -0.05) is 5.16 Å². The van der Waals surface area contributed by atoms with Gasteiger partial charge in [0.2, 0.25) is 0 Å². The topological polar surface area (TPSA) is 70.6 Å². The summed E-state index contributed by atoms with van der Waals surface area (Å²) in [4.78, 5) is 0. The number of hydrogen-bond acceptors (Lipinski definition) is 3. The first kappa shape index (κ1) is 12.3. The van der Waals surface area contributed by atoms with Crippen LogP contribution in [0.15, 0.2) is 5.16 Å². The molecule has 1 aliphatic carbocycles. The van der Waals surface area contributed by atoms with E-state index in [9.17, 15) is 0 Å². The summed E-state index contributed by atoms with van der Waals surface area (Å²) in [5.74, 6) is 1.19. The Bertz CT molecular complexity index is 222. The fourth-order valence-electron chi connectivity index (χ4n) is 1.84. The van der Waals surface area contributed by atoms with Crippen LogP contribution in [-0.4, -0.2) is 23.1 Å². The molecule has 4 N–H and O–H groups in total. The van der Waals surface area contributed by atoms with Gasteiger partial charge in [-0.2, -0.15) is 0 Å². The second-order valence-corrected chi connectivity index (χ2v) is 4.97. The summed E-state index contributed by atoms with van der Waals surface area (Å²) in [5.41, 5.74) is 5.67. The van der Waals surface area contributed by atoms with Gasteiger partial charge in [-0.3, -0.25) is 0 Å². The highest BCUT2D eigenvalue weighted by atomic mass is 16.4. The smallest absolute Gasteiger partial charge is 0.139 e. The van der Waals surface area contributed by atoms with Crippen molar-refractivity contribution in [3.05, 3.63) is 0 Å². The van der Waals surface area contributed by atoms with Crippen LogP contribution < -0.4 is 11.1 Å². The number of nitrogens with zero attached hydrogens (tertiary/aromatic N) is 1. The molecule has 88 valence electrons. The number of oxime groups is 1. The van der Waals surface area contributed by atoms with Crippen molar-refractivity contribution in [1.82, 2.24) is 5.32 Å². The first-order valence-electron chi connectivity index (χ1n) is 5.77. The highest BCUT2D eigenvalue weighted by molar-refractivity contribution is 5.79. The summed E-state index contributed by atoms with van der Waals surface area (Å²) in [6, 6.07) is 0. The van der Waals surface area contributed by atoms with Gasteiger partial charge in [0.1, 0.15) is 5.84 Å². The first-order valence-corrected chi connectivity index (χ1v) is 5.77. The minimum absolute atomic E-state index is 0.288. The van der Waals surface area contributed by atoms with Crippen LogP contribution in [0.3, 0.4) is 0 Å². The highest BCUT2D eigenvalue weighted by Gasteiger charge is 2.36. The van der Waals surface area contributed by atoms with Gasteiger partial charge in [0, 0.05) is 12.0 Å². The Morgan fingerprint density at radius 2 is 2.13 bits per heavy atom. The molecular weight excluding hydrogens is 190 g/mol. The fourth-order valence-corrected chi connectivity index (χ4v) is 1.84. The lowest BCUT2D eigenvalue weighted by molar-refractivity contribution is 0.316. The van der Waals surface area contributed by atoms with Crippen molar-refractivity contribution in [3.63, 3.8) is 0 Å². The average Bonchev–Trinajstić information content (AvgIpc) is 3.00. The molecule has 4 heteroatoms. The standard InChI is InChI=1S/C11H23N3O/c1-11(2,9-6-7-9)13-8-4-3-5-10(12)14-15/h9,13,15H,3-8H2,1-2H3,(H2,12,14). The molecule has 0 aliphatic heterocycles. The largest absolute Gasteiger partial charge is 0.409 e. The third-order valence-corrected chi connectivity index (χ3v) is 3.17. The SMILES string of the molecule is CC(C)(NCCCCC(N)=NO)C1CC1. The van der Waals surface area contributed by atoms with Crippen molar-refractivity contribution in [3.8, 4) is 0 Å². The lowest BCUT2D eigenvalue weighted by Crippen LogP contribution is -2.41. The van der Waals surface area contributed by atoms with E-state index in [2.05, 4.69) is 24.3 Å². The van der Waals surface area contributed by atoms with Crippen LogP contribution >= 0.6 is 0 Å². The Morgan fingerprint density at radius 3 is 2.67 bits per heavy atom. The molecule has 1 rings (SSSR count). The average molecular weight is 213 g/mol. The van der Waals surface area contributed by atoms with Gasteiger partial charge in [0.25, 0.3) is 0 Å². The maximum absolute atomic E-state index is 8.35. The Kier molecular flexibility index (Phi) is 4.39. The van der Waals surface area contributed by atoms with Gasteiger partial charge in [0.05, 0.1) is 0 Å². The van der Waals surface area contributed by atoms with E-state index in [0.717, 1.165) is 25.3 Å². The van der Waals surface area contributed by atoms with Crippen LogP contribution in [0.4, 0.5) is 0 Å². The Morgan fingerprint density at radius 1 is 1.47 bits per heavy atom. The van der Waals surface area contributed by atoms with E-state index in [0.29, 0.717) is 12.3 Å². The van der Waals surface area contributed by atoms with E-state index in [-0.39, 0.29) is 5.54 Å². The molecule has 0 unspecified atom stereocenters. The second kappa shape index (κ2) is 5.35. The minimum atomic E-state index is 0.288. The predicted octanol–water partition coefficient (Wildman–Crippen LogP) is 1.68. The molecule has 1 aliphatic rings. The van der Waals surface area contributed by atoms with Gasteiger partial charge in [0.15, 0.2) is 0 Å². The summed E-state index contributed by atoms with van der Waals surface area (Å²) in [6.45, 7) is 5.56. The van der Waals surface area contributed by atoms with Gasteiger partial charge in [-0.15, -0.1) is 0 Å². The summed E-state index contributed by atoms with van der Waals surface area (Å²) in [5, 5.41) is 14.9. The van der Waals surface area contributed by atoms with Crippen molar-refractivity contribution in [1.29, 1.82) is 0 Å². The zero-order valence-corrected chi connectivity index (χ0v) is 9.79. The molecule has 0 heterocycles. The van der Waals surface area contributed by atoms with E-state index in [1.54, 1.807) is 0 Å². The second-order valence-electron chi connectivity index (χ2n) is 4.97. The molecular formula is C11H23N3O. The highest BCUT2D eigenvalue weighted by Crippen LogP contribution is 2.39. The molecule has 15 heavy (non-hydrogen) atoms. The van der Waals surface area contributed by atoms with Gasteiger partial charge in [-0.25, -0.2) is 0 Å². The quantitative estimate of drug-likeness (QED) is 0.198. The van der Waals surface area contributed by atoms with E-state index in [1.807, 2.05) is 0 Å². The van der Waals surface area contributed by atoms with Crippen LogP contribution in [0.2, 0.25) is 0 Å². The number of rotatable bonds is 7. The van der Waals surface area contributed by atoms with Gasteiger partial charge in [-0.05, 0) is 52.0 Å². The molecule has 0 amide bonds. The first-order chi connectivity index (χ1) is 7.06. The third kappa shape index (κ3) is 4.51. The van der Waals surface area contributed by atoms with Crippen molar-refractivity contribution in [2.45, 2.75) is 51.5 Å². The number of hydrogen-bond donors (Lipinski definition) is 3. The normalized spacial score (nSPS) is 18.1. The molecule has 0 radical (unpaired) electrons. The van der Waals surface area contributed by atoms with Crippen molar-refractivity contribution < 1.29 is 5.21 Å². The summed E-state index contributed by atoms with van der Waals surface area (Å²) in [7, 11) is 0. The predicted molar refractivity (Wildman–Crippen MR) is 62.1 cm³/mol. The van der Waals surface area contributed by atoms with Crippen molar-refractivity contribution in [2.75, 3.05) is 6.54 Å². The van der Waals surface area contributed by atoms with Gasteiger partial charge >= 0.3 is 0 Å². The Labute approximate surface area is 91.9 Å². The molecule has 0 aromatic heterocycles. The monoisotopic (exact) mass is 213 g/mol. The van der Waals surface area contributed by atoms with Crippen LogP contribution in [0.1, 0.15) is 46.0 Å². The molecule has 1 fully saturated rings. The number of nitrogens with two attached hydrogens (primary N) is 1. The summed E-state index contributed by atoms with van der Waals surface area (Å²) < 4.78 is 0. The maximum atomic E-state index is 8.35. The number of unbranched alkanes of at least 4 members (excludes halogenated alkanes) is 1. The van der Waals surface area contributed by atoms with Crippen LogP contribution in [0.25, 0.3) is 0 Å². The van der Waals surface area contributed by atoms with E-state index >= 15 is 0 Å². The zero-order valence-electron chi connectivity index (χ0n) is 9.79. The molecule has 0 aromatic rings. The molecule has 0 spiro atoms. The lowest BCUT2D eigenvalue weighted by Gasteiger charge is -2.26. The molecule has 4 nitrogen and oxygen atoms in total. The Hall–Kier alpha value is -0.770.